The van der Waals surface area contributed by atoms with Gasteiger partial charge in [0.05, 0.1) is 47.6 Å². The first kappa shape index (κ1) is 54.5. The molecule has 4 aromatic carbocycles. The quantitative estimate of drug-likeness (QED) is 0.155. The van der Waals surface area contributed by atoms with Crippen molar-refractivity contribution in [1.82, 2.24) is 29.2 Å². The number of hydrogen-bond acceptors (Lipinski definition) is 9. The summed E-state index contributed by atoms with van der Waals surface area (Å²) in [5, 5.41) is 16.0. The van der Waals surface area contributed by atoms with Gasteiger partial charge in [0.25, 0.3) is 0 Å². The van der Waals surface area contributed by atoms with E-state index in [9.17, 15) is 33.1 Å². The molecule has 13 nitrogen and oxygen atoms in total. The Hall–Kier alpha value is -6.42. The molecule has 4 aliphatic carbocycles. The number of fused-ring (bicyclic) bond motifs is 18. The number of ether oxygens (including phenoxy) is 2. The molecule has 4 unspecified atom stereocenters. The number of carboxylic acid groups (broad SMARTS) is 1. The fourth-order valence-electron chi connectivity index (χ4n) is 17.5. The standard InChI is InChI=1S/C34H38FN3O3.C27H26FNO4.C7H14N2/c1-36-17-23-10-11-24(18-36)38(23)33(40)34-16-28(34)27-15-22(35)9-13-25(27)31-30(20-6-4-3-5-7-20)26-12-8-21(32(39)41-2)14-29(26)37(31)19-34;1-33-25(30)16-7-9-19-22(11-16)29-14-27(26(31)32)13-21(27)20-12-17(28)8-10-18(20)24(29)23(19)15-5-3-2-4-6-15;1-9-4-6-2-3-7(5-9)8-6/h8-9,12-15,20,23-24,28H,3-7,10-11,16-19H2,1-2H3;7-12,15,21H,2-6,13-14H2,1H3,(H,31,32);6-8H,2-5H2,1H3/t23?,24?,28-,34-;21-,27-;/m00./s1. The molecule has 4 saturated carbocycles. The topological polar surface area (TPSA) is 139 Å². The summed E-state index contributed by atoms with van der Waals surface area (Å²) in [6, 6.07) is 23.7. The minimum Gasteiger partial charge on any atom is -0.481 e. The lowest BCUT2D eigenvalue weighted by atomic mass is 9.81. The lowest BCUT2D eigenvalue weighted by molar-refractivity contribution is -0.144. The van der Waals surface area contributed by atoms with Crippen LogP contribution >= 0.6 is 0 Å². The van der Waals surface area contributed by atoms with Crippen molar-refractivity contribution in [3.63, 3.8) is 0 Å². The van der Waals surface area contributed by atoms with Crippen LogP contribution < -0.4 is 5.32 Å². The number of nitrogens with one attached hydrogen (secondary N) is 1. The minimum absolute atomic E-state index is 0.00213. The molecule has 6 aliphatic heterocycles. The van der Waals surface area contributed by atoms with E-state index >= 15 is 0 Å². The molecule has 8 heterocycles. The molecule has 8 fully saturated rings. The van der Waals surface area contributed by atoms with Gasteiger partial charge in [-0.3, -0.25) is 9.59 Å². The van der Waals surface area contributed by atoms with Crippen molar-refractivity contribution >= 4 is 45.6 Å². The number of amides is 1. The lowest BCUT2D eigenvalue weighted by Crippen LogP contribution is -2.57. The van der Waals surface area contributed by atoms with Crippen LogP contribution in [0.5, 0.6) is 0 Å². The SMILES string of the molecule is CN1CC2CCC(C1)N2.COC(=O)c1ccc2c(C3CCCCC3)c3n(c2c1)C[C@@]1(C(=O)N2C4CCC2CN(C)C4)C[C@H]1c1cc(F)ccc1-3.COC(=O)c1ccc2c(C3CCCCC3)c3n(c2c1)C[C@@]1(C(=O)O)C[C@H]1c1cc(F)ccc1-3. The second kappa shape index (κ2) is 21.0. The molecule has 4 saturated heterocycles. The maximum Gasteiger partial charge on any atom is 0.337 e. The number of likely N-dealkylation sites (tertiary alicyclic amines) is 2. The van der Waals surface area contributed by atoms with Crippen LogP contribution in [0, 0.1) is 22.5 Å². The molecule has 2 aromatic heterocycles. The second-order valence-corrected chi connectivity index (χ2v) is 26.6. The summed E-state index contributed by atoms with van der Waals surface area (Å²) in [6.45, 7) is 5.22. The van der Waals surface area contributed by atoms with Crippen LogP contribution in [-0.2, 0) is 32.2 Å². The summed E-state index contributed by atoms with van der Waals surface area (Å²) in [4.78, 5) is 59.2. The monoisotopic (exact) mass is 1130 g/mol. The number of methoxy groups -OCH3 is 2. The fraction of sp³-hybridized carbons (Fsp3) is 0.529. The number of carbonyl (C=O) groups is 4. The van der Waals surface area contributed by atoms with Crippen molar-refractivity contribution < 1.29 is 42.5 Å². The highest BCUT2D eigenvalue weighted by Gasteiger charge is 2.66. The van der Waals surface area contributed by atoms with Gasteiger partial charge in [-0.05, 0) is 173 Å². The van der Waals surface area contributed by atoms with E-state index in [1.54, 1.807) is 18.2 Å². The number of aromatic nitrogens is 2. The maximum atomic E-state index is 14.9. The summed E-state index contributed by atoms with van der Waals surface area (Å²) in [6.07, 6.45) is 17.7. The van der Waals surface area contributed by atoms with Crippen LogP contribution in [0.15, 0.2) is 72.8 Å². The van der Waals surface area contributed by atoms with Crippen LogP contribution in [0.1, 0.15) is 169 Å². The van der Waals surface area contributed by atoms with Gasteiger partial charge >= 0.3 is 17.9 Å². The Bertz CT molecular complexity index is 3590. The molecule has 16 rings (SSSR count). The zero-order valence-corrected chi connectivity index (χ0v) is 48.5. The van der Waals surface area contributed by atoms with Crippen molar-refractivity contribution in [2.75, 3.05) is 54.5 Å². The van der Waals surface area contributed by atoms with Gasteiger partial charge in [-0.25, -0.2) is 18.4 Å². The number of benzene rings is 4. The molecule has 2 N–H and O–H groups in total. The van der Waals surface area contributed by atoms with Crippen LogP contribution in [0.25, 0.3) is 44.3 Å². The van der Waals surface area contributed by atoms with E-state index < -0.39 is 22.8 Å². The summed E-state index contributed by atoms with van der Waals surface area (Å²) in [5.41, 5.74) is 9.68. The number of nitrogens with zero attached hydrogens (tertiary/aromatic N) is 5. The highest BCUT2D eigenvalue weighted by atomic mass is 19.1. The molecule has 0 spiro atoms. The van der Waals surface area contributed by atoms with Crippen molar-refractivity contribution in [1.29, 1.82) is 0 Å². The largest absolute Gasteiger partial charge is 0.481 e. The third-order valence-electron chi connectivity index (χ3n) is 21.5. The van der Waals surface area contributed by atoms with Gasteiger partial charge in [-0.15, -0.1) is 0 Å². The number of hydrogen-bond donors (Lipinski definition) is 2. The molecule has 6 aromatic rings. The van der Waals surface area contributed by atoms with E-state index in [4.69, 9.17) is 9.47 Å². The van der Waals surface area contributed by atoms with Crippen molar-refractivity contribution in [2.45, 2.75) is 164 Å². The van der Waals surface area contributed by atoms with Crippen LogP contribution in [0.4, 0.5) is 8.78 Å². The molecule has 8 atom stereocenters. The maximum absolute atomic E-state index is 14.9. The van der Waals surface area contributed by atoms with Crippen LogP contribution in [0.3, 0.4) is 0 Å². The van der Waals surface area contributed by atoms with Crippen molar-refractivity contribution in [3.05, 3.63) is 118 Å². The van der Waals surface area contributed by atoms with Gasteiger partial charge in [0, 0.05) is 108 Å². The molecule has 0 radical (unpaired) electrons. The molecule has 15 heteroatoms. The number of carboxylic acids is 1. The van der Waals surface area contributed by atoms with Crippen molar-refractivity contribution in [3.8, 4) is 22.5 Å². The number of piperazine rings is 2. The van der Waals surface area contributed by atoms with E-state index in [2.05, 4.69) is 49.3 Å². The summed E-state index contributed by atoms with van der Waals surface area (Å²) in [5.74, 6) is -1.41. The van der Waals surface area contributed by atoms with E-state index in [0.717, 1.165) is 138 Å². The molecule has 1 amide bonds. The van der Waals surface area contributed by atoms with E-state index in [0.29, 0.717) is 42.5 Å². The molecular formula is C68H78F2N6O7. The number of likely N-dealkylation sites (N-methyl/N-ethyl adjacent to an activating group) is 2. The zero-order valence-electron chi connectivity index (χ0n) is 48.5. The fourth-order valence-corrected chi connectivity index (χ4v) is 17.5. The summed E-state index contributed by atoms with van der Waals surface area (Å²) < 4.78 is 43.8. The highest BCUT2D eigenvalue weighted by Crippen LogP contribution is 2.67. The van der Waals surface area contributed by atoms with Gasteiger partial charge in [0.15, 0.2) is 0 Å². The van der Waals surface area contributed by atoms with E-state index in [1.165, 1.54) is 89.1 Å². The van der Waals surface area contributed by atoms with Gasteiger partial charge in [0.1, 0.15) is 11.6 Å². The Morgan fingerprint density at radius 2 is 1.00 bits per heavy atom. The Kier molecular flexibility index (Phi) is 13.8. The normalized spacial score (nSPS) is 28.6. The minimum atomic E-state index is -0.954. The second-order valence-electron chi connectivity index (χ2n) is 26.6. The predicted molar refractivity (Wildman–Crippen MR) is 315 cm³/mol. The first-order valence-corrected chi connectivity index (χ1v) is 31.0. The predicted octanol–water partition coefficient (Wildman–Crippen LogP) is 12.0. The van der Waals surface area contributed by atoms with Gasteiger partial charge < -0.3 is 43.7 Å². The van der Waals surface area contributed by atoms with Gasteiger partial charge in [-0.2, -0.15) is 0 Å². The number of aliphatic carboxylic acids is 1. The average molecular weight is 1130 g/mol. The van der Waals surface area contributed by atoms with Crippen molar-refractivity contribution in [2.24, 2.45) is 10.8 Å². The number of esters is 2. The number of halogens is 2. The third kappa shape index (κ3) is 9.14. The molecule has 4 bridgehead atoms. The number of carbonyl (C=O) groups excluding carboxylic acids is 3. The Balaban J connectivity index is 0.000000130. The van der Waals surface area contributed by atoms with E-state index in [-0.39, 0.29) is 47.4 Å². The van der Waals surface area contributed by atoms with E-state index in [1.807, 2.05) is 36.4 Å². The third-order valence-corrected chi connectivity index (χ3v) is 21.5. The smallest absolute Gasteiger partial charge is 0.337 e. The molecule has 10 aliphatic rings. The lowest BCUT2D eigenvalue weighted by Gasteiger charge is -2.41. The first-order chi connectivity index (χ1) is 40.2. The molecule has 83 heavy (non-hydrogen) atoms. The Labute approximate surface area is 484 Å². The van der Waals surface area contributed by atoms with Crippen LogP contribution in [0.2, 0.25) is 0 Å². The first-order valence-electron chi connectivity index (χ1n) is 31.0. The highest BCUT2D eigenvalue weighted by molar-refractivity contribution is 6.02. The van der Waals surface area contributed by atoms with Crippen LogP contribution in [-0.4, -0.2) is 131 Å². The zero-order chi connectivity index (χ0) is 57.2. The average Bonchev–Trinajstić information content (AvgIpc) is 1.84. The number of rotatable bonds is 6. The molecular weight excluding hydrogens is 1050 g/mol. The summed E-state index contributed by atoms with van der Waals surface area (Å²) >= 11 is 0. The van der Waals surface area contributed by atoms with Gasteiger partial charge in [0.2, 0.25) is 5.91 Å². The van der Waals surface area contributed by atoms with Gasteiger partial charge in [-0.1, -0.05) is 50.7 Å². The summed E-state index contributed by atoms with van der Waals surface area (Å²) in [7, 11) is 7.14. The Morgan fingerprint density at radius 1 is 0.554 bits per heavy atom. The molecule has 436 valence electrons. The Morgan fingerprint density at radius 3 is 1.47 bits per heavy atom.